The summed E-state index contributed by atoms with van der Waals surface area (Å²) in [4.78, 5) is 25.3. The van der Waals surface area contributed by atoms with Gasteiger partial charge in [0.1, 0.15) is 5.75 Å². The number of rotatable bonds is 2. The minimum atomic E-state index is -4.63. The van der Waals surface area contributed by atoms with Gasteiger partial charge in [-0.1, -0.05) is 12.1 Å². The lowest BCUT2D eigenvalue weighted by atomic mass is 10.1. The van der Waals surface area contributed by atoms with Gasteiger partial charge in [-0.15, -0.1) is 0 Å². The van der Waals surface area contributed by atoms with E-state index >= 15 is 0 Å². The fourth-order valence-corrected chi connectivity index (χ4v) is 2.48. The molecule has 0 fully saturated rings. The van der Waals surface area contributed by atoms with Crippen LogP contribution < -0.4 is 15.0 Å². The summed E-state index contributed by atoms with van der Waals surface area (Å²) in [6.45, 7) is -0.0891. The standard InChI is InChI=1S/C17H13F3N2O3/c1-22-13-8-10(6-7-14(13)25-9-15(22)23)21-16(24)11-4-2-3-5-12(11)17(18,19)20/h2-8H,9H2,1H3,(H,21,24). The molecule has 130 valence electrons. The van der Waals surface area contributed by atoms with Crippen molar-refractivity contribution in [3.63, 3.8) is 0 Å². The minimum absolute atomic E-state index is 0.0891. The summed E-state index contributed by atoms with van der Waals surface area (Å²) in [7, 11) is 1.55. The number of nitrogens with zero attached hydrogens (tertiary/aromatic N) is 1. The van der Waals surface area contributed by atoms with E-state index in [1.54, 1.807) is 13.1 Å². The Hall–Kier alpha value is -3.03. The van der Waals surface area contributed by atoms with Gasteiger partial charge in [0.05, 0.1) is 16.8 Å². The molecule has 0 aromatic heterocycles. The molecule has 0 atom stereocenters. The number of benzene rings is 2. The van der Waals surface area contributed by atoms with E-state index in [4.69, 9.17) is 4.74 Å². The third-order valence-electron chi connectivity index (χ3n) is 3.78. The lowest BCUT2D eigenvalue weighted by Gasteiger charge is -2.26. The molecule has 0 aliphatic carbocycles. The van der Waals surface area contributed by atoms with Crippen LogP contribution in [-0.2, 0) is 11.0 Å². The van der Waals surface area contributed by atoms with Crippen molar-refractivity contribution < 1.29 is 27.5 Å². The average molecular weight is 350 g/mol. The van der Waals surface area contributed by atoms with Crippen LogP contribution in [-0.4, -0.2) is 25.5 Å². The lowest BCUT2D eigenvalue weighted by molar-refractivity contribution is -0.137. The van der Waals surface area contributed by atoms with E-state index in [2.05, 4.69) is 5.32 Å². The number of ether oxygens (including phenoxy) is 1. The summed E-state index contributed by atoms with van der Waals surface area (Å²) in [6, 6.07) is 9.05. The molecule has 2 amide bonds. The van der Waals surface area contributed by atoms with E-state index in [1.165, 1.54) is 29.2 Å². The van der Waals surface area contributed by atoms with Crippen LogP contribution in [0, 0.1) is 0 Å². The van der Waals surface area contributed by atoms with Crippen LogP contribution in [0.3, 0.4) is 0 Å². The number of halogens is 3. The van der Waals surface area contributed by atoms with Crippen molar-refractivity contribution in [2.75, 3.05) is 23.9 Å². The number of amides is 2. The molecule has 0 spiro atoms. The number of fused-ring (bicyclic) bond motifs is 1. The topological polar surface area (TPSA) is 58.6 Å². The molecule has 5 nitrogen and oxygen atoms in total. The predicted octanol–water partition coefficient (Wildman–Crippen LogP) is 3.31. The highest BCUT2D eigenvalue weighted by molar-refractivity contribution is 6.06. The van der Waals surface area contributed by atoms with Crippen molar-refractivity contribution in [1.82, 2.24) is 0 Å². The van der Waals surface area contributed by atoms with Crippen molar-refractivity contribution in [3.05, 3.63) is 53.6 Å². The van der Waals surface area contributed by atoms with Crippen LogP contribution in [0.5, 0.6) is 5.75 Å². The summed E-state index contributed by atoms with van der Waals surface area (Å²) < 4.78 is 44.3. The van der Waals surface area contributed by atoms with Gasteiger partial charge in [0.2, 0.25) is 0 Å². The molecule has 0 radical (unpaired) electrons. The van der Waals surface area contributed by atoms with Gasteiger partial charge in [0.25, 0.3) is 11.8 Å². The maximum absolute atomic E-state index is 13.0. The van der Waals surface area contributed by atoms with Gasteiger partial charge in [-0.05, 0) is 30.3 Å². The van der Waals surface area contributed by atoms with Gasteiger partial charge < -0.3 is 15.0 Å². The summed E-state index contributed by atoms with van der Waals surface area (Å²) >= 11 is 0. The number of carbonyl (C=O) groups excluding carboxylic acids is 2. The molecule has 2 aromatic rings. The molecule has 0 unspecified atom stereocenters. The third kappa shape index (κ3) is 3.28. The molecule has 1 N–H and O–H groups in total. The van der Waals surface area contributed by atoms with E-state index in [0.29, 0.717) is 11.4 Å². The number of alkyl halides is 3. The fourth-order valence-electron chi connectivity index (χ4n) is 2.48. The zero-order chi connectivity index (χ0) is 18.2. The zero-order valence-corrected chi connectivity index (χ0v) is 13.1. The molecule has 25 heavy (non-hydrogen) atoms. The first-order chi connectivity index (χ1) is 11.8. The summed E-state index contributed by atoms with van der Waals surface area (Å²) in [6.07, 6.45) is -4.63. The van der Waals surface area contributed by atoms with E-state index in [1.807, 2.05) is 0 Å². The molecule has 1 aliphatic rings. The maximum Gasteiger partial charge on any atom is 0.417 e. The third-order valence-corrected chi connectivity index (χ3v) is 3.78. The number of likely N-dealkylation sites (N-methyl/N-ethyl adjacent to an activating group) is 1. The molecule has 8 heteroatoms. The molecule has 2 aromatic carbocycles. The number of hydrogen-bond acceptors (Lipinski definition) is 3. The van der Waals surface area contributed by atoms with E-state index in [-0.39, 0.29) is 18.2 Å². The molecule has 0 bridgehead atoms. The number of hydrogen-bond donors (Lipinski definition) is 1. The van der Waals surface area contributed by atoms with Gasteiger partial charge in [-0.2, -0.15) is 13.2 Å². The van der Waals surface area contributed by atoms with Gasteiger partial charge in [0, 0.05) is 12.7 Å². The highest BCUT2D eigenvalue weighted by Gasteiger charge is 2.35. The lowest BCUT2D eigenvalue weighted by Crippen LogP contribution is -2.35. The molecule has 3 rings (SSSR count). The number of carbonyl (C=O) groups is 2. The Balaban J connectivity index is 1.89. The second kappa shape index (κ2) is 6.12. The highest BCUT2D eigenvalue weighted by Crippen LogP contribution is 2.35. The van der Waals surface area contributed by atoms with Crippen molar-refractivity contribution in [3.8, 4) is 5.75 Å². The molecular formula is C17H13F3N2O3. The van der Waals surface area contributed by atoms with Crippen molar-refractivity contribution >= 4 is 23.2 Å². The highest BCUT2D eigenvalue weighted by atomic mass is 19.4. The quantitative estimate of drug-likeness (QED) is 0.904. The van der Waals surface area contributed by atoms with E-state index in [9.17, 15) is 22.8 Å². The van der Waals surface area contributed by atoms with E-state index < -0.39 is 23.2 Å². The smallest absolute Gasteiger partial charge is 0.417 e. The SMILES string of the molecule is CN1C(=O)COc2ccc(NC(=O)c3ccccc3C(F)(F)F)cc21. The fraction of sp³-hybridized carbons (Fsp3) is 0.176. The average Bonchev–Trinajstić information content (AvgIpc) is 2.58. The Morgan fingerprint density at radius 1 is 1.20 bits per heavy atom. The van der Waals surface area contributed by atoms with Crippen molar-refractivity contribution in [1.29, 1.82) is 0 Å². The Morgan fingerprint density at radius 3 is 2.64 bits per heavy atom. The van der Waals surface area contributed by atoms with Gasteiger partial charge >= 0.3 is 6.18 Å². The van der Waals surface area contributed by atoms with Crippen LogP contribution >= 0.6 is 0 Å². The summed E-state index contributed by atoms with van der Waals surface area (Å²) in [5, 5.41) is 2.42. The molecule has 0 saturated carbocycles. The summed E-state index contributed by atoms with van der Waals surface area (Å²) in [5.74, 6) is -0.701. The van der Waals surface area contributed by atoms with Gasteiger partial charge in [-0.3, -0.25) is 9.59 Å². The number of nitrogens with one attached hydrogen (secondary N) is 1. The normalized spacial score (nSPS) is 13.9. The first-order valence-electron chi connectivity index (χ1n) is 7.28. The van der Waals surface area contributed by atoms with Gasteiger partial charge in [0.15, 0.2) is 6.61 Å². The molecule has 0 saturated heterocycles. The van der Waals surface area contributed by atoms with Gasteiger partial charge in [-0.25, -0.2) is 0 Å². The number of anilines is 2. The zero-order valence-electron chi connectivity index (χ0n) is 13.1. The molecular weight excluding hydrogens is 337 g/mol. The minimum Gasteiger partial charge on any atom is -0.482 e. The van der Waals surface area contributed by atoms with Crippen LogP contribution in [0.1, 0.15) is 15.9 Å². The Morgan fingerprint density at radius 2 is 1.92 bits per heavy atom. The Bertz CT molecular complexity index is 849. The van der Waals surface area contributed by atoms with Crippen LogP contribution in [0.15, 0.2) is 42.5 Å². The van der Waals surface area contributed by atoms with Crippen LogP contribution in [0.2, 0.25) is 0 Å². The first-order valence-corrected chi connectivity index (χ1v) is 7.28. The van der Waals surface area contributed by atoms with Crippen molar-refractivity contribution in [2.24, 2.45) is 0 Å². The van der Waals surface area contributed by atoms with Crippen LogP contribution in [0.25, 0.3) is 0 Å². The Labute approximate surface area is 141 Å². The second-order valence-corrected chi connectivity index (χ2v) is 5.42. The van der Waals surface area contributed by atoms with E-state index in [0.717, 1.165) is 12.1 Å². The second-order valence-electron chi connectivity index (χ2n) is 5.42. The first kappa shape index (κ1) is 16.8. The molecule has 1 heterocycles. The monoisotopic (exact) mass is 350 g/mol. The summed E-state index contributed by atoms with van der Waals surface area (Å²) in [5.41, 5.74) is -0.807. The Kier molecular flexibility index (Phi) is 4.12. The van der Waals surface area contributed by atoms with Crippen molar-refractivity contribution in [2.45, 2.75) is 6.18 Å². The molecule has 1 aliphatic heterocycles. The maximum atomic E-state index is 13.0. The predicted molar refractivity (Wildman–Crippen MR) is 84.7 cm³/mol. The largest absolute Gasteiger partial charge is 0.482 e. The van der Waals surface area contributed by atoms with Crippen LogP contribution in [0.4, 0.5) is 24.5 Å².